The van der Waals surface area contributed by atoms with Gasteiger partial charge in [-0.1, -0.05) is 32.3 Å². The highest BCUT2D eigenvalue weighted by Gasteiger charge is 2.20. The Morgan fingerprint density at radius 3 is 2.75 bits per heavy atom. The number of halogens is 2. The predicted molar refractivity (Wildman–Crippen MR) is 75.3 cm³/mol. The summed E-state index contributed by atoms with van der Waals surface area (Å²) in [4.78, 5) is 27.1. The number of unbranched alkanes of at least 4 members (excludes halogenated alkanes) is 2. The maximum atomic E-state index is 13.0. The van der Waals surface area contributed by atoms with Crippen LogP contribution in [0.25, 0.3) is 0 Å². The van der Waals surface area contributed by atoms with Crippen molar-refractivity contribution in [3.8, 4) is 0 Å². The average molecular weight is 301 g/mol. The maximum Gasteiger partial charge on any atom is 0.270 e. The van der Waals surface area contributed by atoms with Crippen LogP contribution in [-0.4, -0.2) is 28.6 Å². The molecule has 1 aromatic rings. The molecular weight excluding hydrogens is 283 g/mol. The van der Waals surface area contributed by atoms with Gasteiger partial charge in [-0.15, -0.1) is 11.6 Å². The molecule has 1 N–H and O–H groups in total. The number of alkyl halides is 1. The van der Waals surface area contributed by atoms with Gasteiger partial charge in [-0.25, -0.2) is 4.98 Å². The Balaban J connectivity index is 2.68. The van der Waals surface area contributed by atoms with Crippen molar-refractivity contribution in [2.24, 2.45) is 0 Å². The third kappa shape index (κ3) is 5.25. The van der Waals surface area contributed by atoms with E-state index in [0.29, 0.717) is 6.42 Å². The minimum atomic E-state index is -0.733. The third-order valence-electron chi connectivity index (χ3n) is 2.87. The summed E-state index contributed by atoms with van der Waals surface area (Å²) in [5.74, 6) is -1.70. The van der Waals surface area contributed by atoms with E-state index in [1.54, 1.807) is 0 Å². The molecule has 0 aromatic carbocycles. The van der Waals surface area contributed by atoms with Gasteiger partial charge in [0.05, 0.1) is 11.9 Å². The highest BCUT2D eigenvalue weighted by molar-refractivity contribution is 6.28. The van der Waals surface area contributed by atoms with Crippen LogP contribution in [0.3, 0.4) is 0 Å². The van der Waals surface area contributed by atoms with E-state index >= 15 is 0 Å². The van der Waals surface area contributed by atoms with Crippen LogP contribution in [0.15, 0.2) is 18.2 Å². The van der Waals surface area contributed by atoms with E-state index in [9.17, 15) is 14.0 Å². The zero-order valence-corrected chi connectivity index (χ0v) is 12.1. The van der Waals surface area contributed by atoms with E-state index in [1.165, 1.54) is 12.1 Å². The van der Waals surface area contributed by atoms with Crippen LogP contribution in [0.1, 0.15) is 43.1 Å². The molecule has 1 heterocycles. The summed E-state index contributed by atoms with van der Waals surface area (Å²) in [6, 6.07) is 3.30. The van der Waals surface area contributed by atoms with Gasteiger partial charge in [0.25, 0.3) is 5.91 Å². The van der Waals surface area contributed by atoms with Crippen molar-refractivity contribution in [1.82, 2.24) is 10.3 Å². The molecule has 0 unspecified atom stereocenters. The molecule has 110 valence electrons. The molecule has 0 saturated heterocycles. The molecule has 0 radical (unpaired) electrons. The molecule has 1 rings (SSSR count). The number of rotatable bonds is 8. The number of pyridine rings is 1. The molecule has 1 amide bonds. The van der Waals surface area contributed by atoms with Crippen LogP contribution in [0, 0.1) is 5.95 Å². The van der Waals surface area contributed by atoms with E-state index in [0.717, 1.165) is 25.3 Å². The number of hydrogen-bond donors (Lipinski definition) is 1. The summed E-state index contributed by atoms with van der Waals surface area (Å²) in [5.41, 5.74) is -0.0483. The number of carbonyl (C=O) groups is 2. The Kier molecular flexibility index (Phi) is 7.15. The minimum absolute atomic E-state index is 0.0483. The number of carbonyl (C=O) groups excluding carboxylic acids is 2. The zero-order chi connectivity index (χ0) is 15.0. The number of Topliss-reactive ketones (excluding diaryl/α,β-unsaturated/α-hetero) is 1. The molecule has 1 aromatic heterocycles. The Labute approximate surface area is 122 Å². The van der Waals surface area contributed by atoms with Gasteiger partial charge < -0.3 is 5.32 Å². The Morgan fingerprint density at radius 2 is 2.15 bits per heavy atom. The van der Waals surface area contributed by atoms with Gasteiger partial charge in [0, 0.05) is 0 Å². The second kappa shape index (κ2) is 8.64. The van der Waals surface area contributed by atoms with Gasteiger partial charge in [-0.2, -0.15) is 4.39 Å². The average Bonchev–Trinajstić information content (AvgIpc) is 2.45. The third-order valence-corrected chi connectivity index (χ3v) is 3.13. The van der Waals surface area contributed by atoms with Crippen molar-refractivity contribution >= 4 is 23.3 Å². The van der Waals surface area contributed by atoms with Crippen molar-refractivity contribution in [1.29, 1.82) is 0 Å². The fourth-order valence-electron chi connectivity index (χ4n) is 1.77. The molecule has 6 heteroatoms. The largest absolute Gasteiger partial charge is 0.341 e. The Hall–Kier alpha value is -1.49. The maximum absolute atomic E-state index is 13.0. The Morgan fingerprint density at radius 1 is 1.40 bits per heavy atom. The summed E-state index contributed by atoms with van der Waals surface area (Å²) in [7, 11) is 0. The molecule has 0 fully saturated rings. The molecule has 4 nitrogen and oxygen atoms in total. The molecule has 0 aliphatic rings. The van der Waals surface area contributed by atoms with Crippen molar-refractivity contribution in [3.63, 3.8) is 0 Å². The van der Waals surface area contributed by atoms with Gasteiger partial charge in [0.1, 0.15) is 5.69 Å². The number of ketones is 1. The number of nitrogens with one attached hydrogen (secondary N) is 1. The fourth-order valence-corrected chi connectivity index (χ4v) is 1.96. The topological polar surface area (TPSA) is 59.1 Å². The lowest BCUT2D eigenvalue weighted by Crippen LogP contribution is -2.41. The normalized spacial score (nSPS) is 11.9. The van der Waals surface area contributed by atoms with Crippen LogP contribution in [0.4, 0.5) is 4.39 Å². The van der Waals surface area contributed by atoms with E-state index in [2.05, 4.69) is 10.3 Å². The van der Waals surface area contributed by atoms with Crippen molar-refractivity contribution in [2.45, 2.75) is 38.6 Å². The number of hydrogen-bond acceptors (Lipinski definition) is 3. The van der Waals surface area contributed by atoms with Gasteiger partial charge >= 0.3 is 0 Å². The van der Waals surface area contributed by atoms with Crippen LogP contribution in [0.2, 0.25) is 0 Å². The molecular formula is C14H18ClFN2O2. The molecule has 1 atom stereocenters. The molecule has 20 heavy (non-hydrogen) atoms. The van der Waals surface area contributed by atoms with Crippen LogP contribution in [-0.2, 0) is 4.79 Å². The quantitative estimate of drug-likeness (QED) is 0.456. The summed E-state index contributed by atoms with van der Waals surface area (Å²) in [6.45, 7) is 2.05. The smallest absolute Gasteiger partial charge is 0.270 e. The van der Waals surface area contributed by atoms with Crippen LogP contribution >= 0.6 is 11.6 Å². The molecule has 0 aliphatic carbocycles. The first-order valence-electron chi connectivity index (χ1n) is 6.60. The highest BCUT2D eigenvalue weighted by Crippen LogP contribution is 2.07. The number of nitrogens with zero attached hydrogens (tertiary/aromatic N) is 1. The molecule has 0 bridgehead atoms. The van der Waals surface area contributed by atoms with Crippen molar-refractivity contribution in [3.05, 3.63) is 29.8 Å². The van der Waals surface area contributed by atoms with E-state index in [1.807, 2.05) is 6.92 Å². The number of aromatic nitrogens is 1. The van der Waals surface area contributed by atoms with E-state index in [4.69, 9.17) is 11.6 Å². The second-order valence-corrected chi connectivity index (χ2v) is 4.73. The first-order chi connectivity index (χ1) is 9.58. The lowest BCUT2D eigenvalue weighted by Gasteiger charge is -2.16. The zero-order valence-electron chi connectivity index (χ0n) is 11.4. The lowest BCUT2D eigenvalue weighted by molar-refractivity contribution is -0.118. The first-order valence-corrected chi connectivity index (χ1v) is 7.14. The minimum Gasteiger partial charge on any atom is -0.341 e. The van der Waals surface area contributed by atoms with E-state index < -0.39 is 17.9 Å². The Bertz CT molecular complexity index is 468. The SMILES string of the molecule is CCCCC[C@H](NC(=O)c1cccc(F)n1)C(=O)CCl. The predicted octanol–water partition coefficient (Wildman–Crippen LogP) is 2.71. The first kappa shape index (κ1) is 16.6. The lowest BCUT2D eigenvalue weighted by atomic mass is 10.0. The van der Waals surface area contributed by atoms with Crippen molar-refractivity contribution < 1.29 is 14.0 Å². The molecule has 0 aliphatic heterocycles. The second-order valence-electron chi connectivity index (χ2n) is 4.47. The van der Waals surface area contributed by atoms with Crippen molar-refractivity contribution in [2.75, 3.05) is 5.88 Å². The van der Waals surface area contributed by atoms with E-state index in [-0.39, 0.29) is 17.4 Å². The molecule has 0 spiro atoms. The highest BCUT2D eigenvalue weighted by atomic mass is 35.5. The summed E-state index contributed by atoms with van der Waals surface area (Å²) >= 11 is 5.54. The summed E-state index contributed by atoms with van der Waals surface area (Å²) in [5, 5.41) is 2.57. The fraction of sp³-hybridized carbons (Fsp3) is 0.500. The number of amides is 1. The van der Waals surface area contributed by atoms with Gasteiger partial charge in [0.15, 0.2) is 5.78 Å². The standard InChI is InChI=1S/C14H18ClFN2O2/c1-2-3-4-6-10(12(19)9-15)18-14(20)11-7-5-8-13(16)17-11/h5,7-8,10H,2-4,6,9H2,1H3,(H,18,20)/t10-/m0/s1. The van der Waals surface area contributed by atoms with Gasteiger partial charge in [-0.3, -0.25) is 9.59 Å². The monoisotopic (exact) mass is 300 g/mol. The van der Waals surface area contributed by atoms with Gasteiger partial charge in [0.2, 0.25) is 5.95 Å². The van der Waals surface area contributed by atoms with Crippen LogP contribution < -0.4 is 5.32 Å². The van der Waals surface area contributed by atoms with Gasteiger partial charge in [-0.05, 0) is 18.6 Å². The summed E-state index contributed by atoms with van der Waals surface area (Å²) < 4.78 is 13.0. The molecule has 0 saturated carbocycles. The van der Waals surface area contributed by atoms with Crippen LogP contribution in [0.5, 0.6) is 0 Å². The summed E-state index contributed by atoms with van der Waals surface area (Å²) in [6.07, 6.45) is 3.34.